The number of amides is 3. The second-order valence-corrected chi connectivity index (χ2v) is 7.35. The van der Waals surface area contributed by atoms with Crippen molar-refractivity contribution < 1.29 is 9.59 Å². The third kappa shape index (κ3) is 6.77. The second kappa shape index (κ2) is 10.2. The van der Waals surface area contributed by atoms with Crippen LogP contribution in [0.15, 0.2) is 42.5 Å². The van der Waals surface area contributed by atoms with Crippen LogP contribution in [-0.2, 0) is 13.1 Å². The van der Waals surface area contributed by atoms with Gasteiger partial charge in [-0.25, -0.2) is 4.79 Å². The van der Waals surface area contributed by atoms with Gasteiger partial charge in [0.1, 0.15) is 0 Å². The van der Waals surface area contributed by atoms with E-state index in [-0.39, 0.29) is 17.0 Å². The molecule has 0 aliphatic rings. The molecule has 0 radical (unpaired) electrons. The number of halogens is 2. The highest BCUT2D eigenvalue weighted by Gasteiger charge is 2.12. The number of benzene rings is 2. The number of rotatable bonds is 7. The molecule has 2 aromatic rings. The fraction of sp³-hybridized carbons (Fsp3) is 0.300. The zero-order valence-corrected chi connectivity index (χ0v) is 16.8. The summed E-state index contributed by atoms with van der Waals surface area (Å²) in [6.07, 6.45) is 0. The first-order valence-electron chi connectivity index (χ1n) is 8.68. The molecular weight excluding hydrogens is 385 g/mol. The quantitative estimate of drug-likeness (QED) is 0.637. The van der Waals surface area contributed by atoms with Crippen molar-refractivity contribution >= 4 is 35.1 Å². The molecule has 2 aromatic carbocycles. The van der Waals surface area contributed by atoms with Crippen molar-refractivity contribution in [3.63, 3.8) is 0 Å². The molecule has 3 amide bonds. The SMILES string of the molecule is CC(C)CNC(=O)NCc1cccc(CNC(=O)c2cccc(Cl)c2Cl)c1. The summed E-state index contributed by atoms with van der Waals surface area (Å²) in [5.41, 5.74) is 2.20. The molecule has 27 heavy (non-hydrogen) atoms. The minimum Gasteiger partial charge on any atom is -0.348 e. The van der Waals surface area contributed by atoms with Gasteiger partial charge in [-0.3, -0.25) is 4.79 Å². The molecular formula is C20H23Cl2N3O2. The third-order valence-electron chi connectivity index (χ3n) is 3.76. The summed E-state index contributed by atoms with van der Waals surface area (Å²) in [4.78, 5) is 24.0. The van der Waals surface area contributed by atoms with Gasteiger partial charge in [-0.1, -0.05) is 67.4 Å². The molecule has 0 aliphatic carbocycles. The summed E-state index contributed by atoms with van der Waals surface area (Å²) in [6, 6.07) is 12.4. The Labute approximate surface area is 169 Å². The highest BCUT2D eigenvalue weighted by atomic mass is 35.5. The summed E-state index contributed by atoms with van der Waals surface area (Å²) in [7, 11) is 0. The molecule has 2 rings (SSSR count). The summed E-state index contributed by atoms with van der Waals surface area (Å²) >= 11 is 12.0. The summed E-state index contributed by atoms with van der Waals surface area (Å²) in [5.74, 6) is 0.106. The molecule has 0 atom stereocenters. The fourth-order valence-electron chi connectivity index (χ4n) is 2.35. The van der Waals surface area contributed by atoms with Gasteiger partial charge in [0, 0.05) is 19.6 Å². The van der Waals surface area contributed by atoms with Gasteiger partial charge in [-0.05, 0) is 29.2 Å². The third-order valence-corrected chi connectivity index (χ3v) is 4.58. The Kier molecular flexibility index (Phi) is 7.95. The lowest BCUT2D eigenvalue weighted by Crippen LogP contribution is -2.37. The average Bonchev–Trinajstić information content (AvgIpc) is 2.65. The molecule has 0 spiro atoms. The van der Waals surface area contributed by atoms with Gasteiger partial charge in [-0.2, -0.15) is 0 Å². The Morgan fingerprint density at radius 2 is 1.56 bits per heavy atom. The van der Waals surface area contributed by atoms with Gasteiger partial charge in [-0.15, -0.1) is 0 Å². The number of hydrogen-bond acceptors (Lipinski definition) is 2. The van der Waals surface area contributed by atoms with Crippen LogP contribution in [0.1, 0.15) is 35.3 Å². The summed E-state index contributed by atoms with van der Waals surface area (Å²) < 4.78 is 0. The highest BCUT2D eigenvalue weighted by molar-refractivity contribution is 6.43. The smallest absolute Gasteiger partial charge is 0.315 e. The molecule has 0 saturated carbocycles. The average molecular weight is 408 g/mol. The monoisotopic (exact) mass is 407 g/mol. The maximum absolute atomic E-state index is 12.3. The number of carbonyl (C=O) groups is 2. The van der Waals surface area contributed by atoms with Crippen LogP contribution in [-0.4, -0.2) is 18.5 Å². The van der Waals surface area contributed by atoms with Crippen LogP contribution in [0.2, 0.25) is 10.0 Å². The number of urea groups is 1. The Hall–Kier alpha value is -2.24. The predicted molar refractivity (Wildman–Crippen MR) is 109 cm³/mol. The van der Waals surface area contributed by atoms with Gasteiger partial charge < -0.3 is 16.0 Å². The van der Waals surface area contributed by atoms with Crippen LogP contribution < -0.4 is 16.0 Å². The van der Waals surface area contributed by atoms with Crippen molar-refractivity contribution in [2.45, 2.75) is 26.9 Å². The molecule has 0 aromatic heterocycles. The molecule has 0 bridgehead atoms. The van der Waals surface area contributed by atoms with Crippen LogP contribution in [0.3, 0.4) is 0 Å². The molecule has 0 fully saturated rings. The van der Waals surface area contributed by atoms with Crippen LogP contribution >= 0.6 is 23.2 Å². The highest BCUT2D eigenvalue weighted by Crippen LogP contribution is 2.25. The Bertz CT molecular complexity index is 810. The van der Waals surface area contributed by atoms with E-state index in [1.165, 1.54) is 0 Å². The van der Waals surface area contributed by atoms with E-state index in [4.69, 9.17) is 23.2 Å². The lowest BCUT2D eigenvalue weighted by molar-refractivity contribution is 0.0951. The van der Waals surface area contributed by atoms with Crippen molar-refractivity contribution in [1.82, 2.24) is 16.0 Å². The second-order valence-electron chi connectivity index (χ2n) is 6.56. The molecule has 0 unspecified atom stereocenters. The van der Waals surface area contributed by atoms with Crippen molar-refractivity contribution in [3.05, 3.63) is 69.2 Å². The Morgan fingerprint density at radius 3 is 2.22 bits per heavy atom. The first-order valence-corrected chi connectivity index (χ1v) is 9.44. The van der Waals surface area contributed by atoms with E-state index in [1.807, 2.05) is 38.1 Å². The van der Waals surface area contributed by atoms with Crippen LogP contribution in [0.5, 0.6) is 0 Å². The molecule has 5 nitrogen and oxygen atoms in total. The van der Waals surface area contributed by atoms with Gasteiger partial charge in [0.25, 0.3) is 5.91 Å². The fourth-order valence-corrected chi connectivity index (χ4v) is 2.73. The van der Waals surface area contributed by atoms with E-state index in [1.54, 1.807) is 18.2 Å². The predicted octanol–water partition coefficient (Wildman–Crippen LogP) is 4.38. The lowest BCUT2D eigenvalue weighted by Gasteiger charge is -2.11. The summed E-state index contributed by atoms with van der Waals surface area (Å²) in [6.45, 7) is 5.45. The minimum absolute atomic E-state index is 0.196. The standard InChI is InChI=1S/C20H23Cl2N3O2/c1-13(2)10-24-20(27)25-12-15-6-3-5-14(9-15)11-23-19(26)16-7-4-8-17(21)18(16)22/h3-9,13H,10-12H2,1-2H3,(H,23,26)(H2,24,25,27). The number of hydrogen-bond donors (Lipinski definition) is 3. The van der Waals surface area contributed by atoms with E-state index in [9.17, 15) is 9.59 Å². The molecule has 0 saturated heterocycles. The van der Waals surface area contributed by atoms with Crippen LogP contribution in [0.25, 0.3) is 0 Å². The van der Waals surface area contributed by atoms with E-state index >= 15 is 0 Å². The van der Waals surface area contributed by atoms with Crippen molar-refractivity contribution in [3.8, 4) is 0 Å². The maximum atomic E-state index is 12.3. The van der Waals surface area contributed by atoms with Crippen molar-refractivity contribution in [1.29, 1.82) is 0 Å². The lowest BCUT2D eigenvalue weighted by atomic mass is 10.1. The maximum Gasteiger partial charge on any atom is 0.315 e. The largest absolute Gasteiger partial charge is 0.348 e. The first-order chi connectivity index (χ1) is 12.9. The van der Waals surface area contributed by atoms with E-state index in [0.29, 0.717) is 36.1 Å². The zero-order chi connectivity index (χ0) is 19.8. The van der Waals surface area contributed by atoms with Gasteiger partial charge in [0.15, 0.2) is 0 Å². The Morgan fingerprint density at radius 1 is 0.926 bits per heavy atom. The first kappa shape index (κ1) is 21.1. The number of nitrogens with one attached hydrogen (secondary N) is 3. The van der Waals surface area contributed by atoms with Crippen LogP contribution in [0, 0.1) is 5.92 Å². The zero-order valence-electron chi connectivity index (χ0n) is 15.3. The van der Waals surface area contributed by atoms with Gasteiger partial charge >= 0.3 is 6.03 Å². The van der Waals surface area contributed by atoms with Crippen molar-refractivity contribution in [2.75, 3.05) is 6.54 Å². The molecule has 0 aliphatic heterocycles. The van der Waals surface area contributed by atoms with Crippen LogP contribution in [0.4, 0.5) is 4.79 Å². The molecule has 144 valence electrons. The van der Waals surface area contributed by atoms with E-state index in [0.717, 1.165) is 11.1 Å². The van der Waals surface area contributed by atoms with Gasteiger partial charge in [0.05, 0.1) is 15.6 Å². The van der Waals surface area contributed by atoms with Gasteiger partial charge in [0.2, 0.25) is 0 Å². The van der Waals surface area contributed by atoms with Crippen molar-refractivity contribution in [2.24, 2.45) is 5.92 Å². The number of carbonyl (C=O) groups excluding carboxylic acids is 2. The van der Waals surface area contributed by atoms with E-state index < -0.39 is 0 Å². The topological polar surface area (TPSA) is 70.2 Å². The molecule has 3 N–H and O–H groups in total. The normalized spacial score (nSPS) is 10.6. The summed E-state index contributed by atoms with van der Waals surface area (Å²) in [5, 5.41) is 9.03. The minimum atomic E-state index is -0.293. The Balaban J connectivity index is 1.89. The molecule has 0 heterocycles. The van der Waals surface area contributed by atoms with E-state index in [2.05, 4.69) is 16.0 Å². The molecule has 7 heteroatoms.